The van der Waals surface area contributed by atoms with E-state index in [1.165, 1.54) is 0 Å². The number of rotatable bonds is 4. The molecule has 0 amide bonds. The van der Waals surface area contributed by atoms with Crippen molar-refractivity contribution in [1.82, 2.24) is 4.98 Å². The van der Waals surface area contributed by atoms with Crippen molar-refractivity contribution in [2.45, 2.75) is 57.9 Å². The van der Waals surface area contributed by atoms with Gasteiger partial charge in [0.2, 0.25) is 0 Å². The van der Waals surface area contributed by atoms with E-state index in [2.05, 4.69) is 32.6 Å². The van der Waals surface area contributed by atoms with Crippen molar-refractivity contribution < 1.29 is 5.11 Å². The van der Waals surface area contributed by atoms with E-state index in [1.54, 1.807) is 11.3 Å². The van der Waals surface area contributed by atoms with Crippen molar-refractivity contribution in [1.29, 1.82) is 0 Å². The molecule has 0 aliphatic carbocycles. The SMILES string of the molecule is CCC(C)c1nc(N2CCSC(C)C2C)sc1CO. The van der Waals surface area contributed by atoms with Gasteiger partial charge in [-0.05, 0) is 19.3 Å². The molecule has 1 aliphatic heterocycles. The van der Waals surface area contributed by atoms with Gasteiger partial charge in [-0.25, -0.2) is 4.98 Å². The Hall–Kier alpha value is -0.260. The first-order valence-electron chi connectivity index (χ1n) is 7.07. The first-order valence-corrected chi connectivity index (χ1v) is 8.93. The number of hydrogen-bond acceptors (Lipinski definition) is 5. The molecule has 3 unspecified atom stereocenters. The van der Waals surface area contributed by atoms with Crippen molar-refractivity contribution in [3.8, 4) is 0 Å². The maximum Gasteiger partial charge on any atom is 0.186 e. The summed E-state index contributed by atoms with van der Waals surface area (Å²) in [5.74, 6) is 1.59. The summed E-state index contributed by atoms with van der Waals surface area (Å²) in [4.78, 5) is 8.29. The summed E-state index contributed by atoms with van der Waals surface area (Å²) in [7, 11) is 0. The number of nitrogens with zero attached hydrogens (tertiary/aromatic N) is 2. The predicted molar refractivity (Wildman–Crippen MR) is 85.5 cm³/mol. The zero-order valence-electron chi connectivity index (χ0n) is 12.2. The van der Waals surface area contributed by atoms with Crippen LogP contribution in [0.25, 0.3) is 0 Å². The third-order valence-electron chi connectivity index (χ3n) is 4.07. The van der Waals surface area contributed by atoms with E-state index in [0.29, 0.717) is 17.2 Å². The minimum absolute atomic E-state index is 0.115. The molecule has 1 fully saturated rings. The van der Waals surface area contributed by atoms with Crippen LogP contribution in [0.1, 0.15) is 50.6 Å². The Bertz CT molecular complexity index is 422. The quantitative estimate of drug-likeness (QED) is 0.923. The molecule has 108 valence electrons. The summed E-state index contributed by atoms with van der Waals surface area (Å²) in [5.41, 5.74) is 1.10. The van der Waals surface area contributed by atoms with Gasteiger partial charge in [0, 0.05) is 23.6 Å². The number of hydrogen-bond donors (Lipinski definition) is 1. The van der Waals surface area contributed by atoms with Gasteiger partial charge >= 0.3 is 0 Å². The maximum absolute atomic E-state index is 9.54. The average molecular weight is 300 g/mol. The summed E-state index contributed by atoms with van der Waals surface area (Å²) >= 11 is 3.71. The van der Waals surface area contributed by atoms with Crippen LogP contribution < -0.4 is 4.90 Å². The fraction of sp³-hybridized carbons (Fsp3) is 0.786. The Morgan fingerprint density at radius 1 is 1.47 bits per heavy atom. The molecular formula is C14H24N2OS2. The number of thioether (sulfide) groups is 1. The van der Waals surface area contributed by atoms with E-state index in [0.717, 1.165) is 34.4 Å². The lowest BCUT2D eigenvalue weighted by Gasteiger charge is -2.37. The second-order valence-electron chi connectivity index (χ2n) is 5.28. The molecule has 0 radical (unpaired) electrons. The van der Waals surface area contributed by atoms with Crippen LogP contribution in [0.5, 0.6) is 0 Å². The van der Waals surface area contributed by atoms with Gasteiger partial charge in [0.05, 0.1) is 17.2 Å². The van der Waals surface area contributed by atoms with Crippen LogP contribution in [0, 0.1) is 0 Å². The average Bonchev–Trinajstić information content (AvgIpc) is 2.85. The van der Waals surface area contributed by atoms with Crippen molar-refractivity contribution in [3.05, 3.63) is 10.6 Å². The Morgan fingerprint density at radius 3 is 2.84 bits per heavy atom. The highest BCUT2D eigenvalue weighted by Gasteiger charge is 2.28. The van der Waals surface area contributed by atoms with Gasteiger partial charge in [-0.2, -0.15) is 11.8 Å². The van der Waals surface area contributed by atoms with Crippen LogP contribution in [-0.2, 0) is 6.61 Å². The fourth-order valence-electron chi connectivity index (χ4n) is 2.37. The standard InChI is InChI=1S/C14H24N2OS2/c1-5-9(2)13-12(8-17)19-14(15-13)16-6-7-18-11(4)10(16)3/h9-11,17H,5-8H2,1-4H3. The van der Waals surface area contributed by atoms with Gasteiger partial charge in [0.15, 0.2) is 5.13 Å². The fourth-order valence-corrected chi connectivity index (χ4v) is 4.62. The van der Waals surface area contributed by atoms with Gasteiger partial charge < -0.3 is 10.0 Å². The molecule has 3 atom stereocenters. The maximum atomic E-state index is 9.54. The molecule has 1 N–H and O–H groups in total. The molecule has 0 aromatic carbocycles. The minimum atomic E-state index is 0.115. The van der Waals surface area contributed by atoms with Crippen molar-refractivity contribution >= 4 is 28.2 Å². The zero-order chi connectivity index (χ0) is 14.0. The first-order chi connectivity index (χ1) is 9.08. The minimum Gasteiger partial charge on any atom is -0.391 e. The largest absolute Gasteiger partial charge is 0.391 e. The smallest absolute Gasteiger partial charge is 0.186 e. The molecule has 2 rings (SSSR count). The summed E-state index contributed by atoms with van der Waals surface area (Å²) in [6.45, 7) is 10.1. The monoisotopic (exact) mass is 300 g/mol. The second-order valence-corrected chi connectivity index (χ2v) is 7.83. The van der Waals surface area contributed by atoms with Crippen LogP contribution in [0.15, 0.2) is 0 Å². The van der Waals surface area contributed by atoms with Crippen LogP contribution in [0.4, 0.5) is 5.13 Å². The van der Waals surface area contributed by atoms with Gasteiger partial charge in [-0.3, -0.25) is 0 Å². The molecule has 3 nitrogen and oxygen atoms in total. The van der Waals surface area contributed by atoms with E-state index in [1.807, 2.05) is 11.8 Å². The van der Waals surface area contributed by atoms with Crippen molar-refractivity contribution in [2.24, 2.45) is 0 Å². The Labute approximate surface area is 124 Å². The van der Waals surface area contributed by atoms with Crippen LogP contribution in [0.2, 0.25) is 0 Å². The molecule has 1 saturated heterocycles. The lowest BCUT2D eigenvalue weighted by Crippen LogP contribution is -2.44. The molecule has 2 heterocycles. The highest BCUT2D eigenvalue weighted by Crippen LogP contribution is 2.36. The zero-order valence-corrected chi connectivity index (χ0v) is 13.9. The van der Waals surface area contributed by atoms with Gasteiger partial charge in [0.25, 0.3) is 0 Å². The Balaban J connectivity index is 2.27. The van der Waals surface area contributed by atoms with Crippen LogP contribution >= 0.6 is 23.1 Å². The molecule has 0 spiro atoms. The van der Waals surface area contributed by atoms with E-state index < -0.39 is 0 Å². The van der Waals surface area contributed by atoms with Crippen LogP contribution in [0.3, 0.4) is 0 Å². The molecule has 5 heteroatoms. The molecule has 1 aromatic rings. The van der Waals surface area contributed by atoms with E-state index in [-0.39, 0.29) is 6.61 Å². The molecule has 19 heavy (non-hydrogen) atoms. The summed E-state index contributed by atoms with van der Waals surface area (Å²) < 4.78 is 0. The molecule has 1 aromatic heterocycles. The third kappa shape index (κ3) is 3.09. The summed E-state index contributed by atoms with van der Waals surface area (Å²) in [5, 5.41) is 11.3. The van der Waals surface area contributed by atoms with Crippen LogP contribution in [-0.4, -0.2) is 33.7 Å². The Kier molecular flexibility index (Phi) is 5.15. The summed E-state index contributed by atoms with van der Waals surface area (Å²) in [6, 6.07) is 0.515. The van der Waals surface area contributed by atoms with Crippen molar-refractivity contribution in [3.63, 3.8) is 0 Å². The number of aliphatic hydroxyl groups excluding tert-OH is 1. The highest BCUT2D eigenvalue weighted by atomic mass is 32.2. The van der Waals surface area contributed by atoms with E-state index in [4.69, 9.17) is 4.98 Å². The molecular weight excluding hydrogens is 276 g/mol. The molecule has 1 aliphatic rings. The lowest BCUT2D eigenvalue weighted by atomic mass is 10.0. The van der Waals surface area contributed by atoms with E-state index >= 15 is 0 Å². The number of aliphatic hydroxyl groups is 1. The second kappa shape index (κ2) is 6.46. The number of aromatic nitrogens is 1. The van der Waals surface area contributed by atoms with Gasteiger partial charge in [0.1, 0.15) is 0 Å². The molecule has 0 saturated carbocycles. The topological polar surface area (TPSA) is 36.4 Å². The summed E-state index contributed by atoms with van der Waals surface area (Å²) in [6.07, 6.45) is 1.07. The van der Waals surface area contributed by atoms with Gasteiger partial charge in [-0.1, -0.05) is 32.1 Å². The number of thiazole rings is 1. The van der Waals surface area contributed by atoms with Crippen molar-refractivity contribution in [2.75, 3.05) is 17.2 Å². The highest BCUT2D eigenvalue weighted by molar-refractivity contribution is 8.00. The third-order valence-corrected chi connectivity index (χ3v) is 6.50. The Morgan fingerprint density at radius 2 is 2.21 bits per heavy atom. The van der Waals surface area contributed by atoms with E-state index in [9.17, 15) is 5.11 Å². The lowest BCUT2D eigenvalue weighted by molar-refractivity contribution is 0.283. The normalized spacial score (nSPS) is 25.6. The first kappa shape index (κ1) is 15.1. The number of anilines is 1. The predicted octanol–water partition coefficient (Wildman–Crippen LogP) is 3.48. The molecule has 0 bridgehead atoms. The van der Waals surface area contributed by atoms with Gasteiger partial charge in [-0.15, -0.1) is 0 Å².